The fraction of sp³-hybridized carbons (Fsp3) is 0.600. The largest absolute Gasteiger partial charge is 0.496 e. The third kappa shape index (κ3) is 4.78. The fourth-order valence-electron chi connectivity index (χ4n) is 1.80. The average Bonchev–Trinajstić information content (AvgIpc) is 2.27. The monoisotopic (exact) mass is 235 g/mol. The van der Waals surface area contributed by atoms with Crippen LogP contribution in [0.25, 0.3) is 0 Å². The fourth-order valence-corrected chi connectivity index (χ4v) is 1.80. The summed E-state index contributed by atoms with van der Waals surface area (Å²) in [5, 5.41) is 3.55. The molecule has 1 rings (SSSR count). The minimum Gasteiger partial charge on any atom is -0.496 e. The van der Waals surface area contributed by atoms with E-state index in [1.165, 1.54) is 12.0 Å². The molecule has 0 spiro atoms. The summed E-state index contributed by atoms with van der Waals surface area (Å²) in [7, 11) is 1.72. The molecule has 1 aromatic carbocycles. The molecule has 2 nitrogen and oxygen atoms in total. The van der Waals surface area contributed by atoms with Gasteiger partial charge in [0.2, 0.25) is 0 Å². The Labute approximate surface area is 105 Å². The average molecular weight is 235 g/mol. The molecule has 0 heterocycles. The molecule has 0 saturated heterocycles. The number of ether oxygens (including phenoxy) is 1. The second kappa shape index (κ2) is 6.06. The molecule has 0 aromatic heterocycles. The Morgan fingerprint density at radius 3 is 2.47 bits per heavy atom. The van der Waals surface area contributed by atoms with Gasteiger partial charge >= 0.3 is 0 Å². The van der Waals surface area contributed by atoms with Gasteiger partial charge in [0.05, 0.1) is 7.11 Å². The van der Waals surface area contributed by atoms with Crippen molar-refractivity contribution >= 4 is 0 Å². The summed E-state index contributed by atoms with van der Waals surface area (Å²) in [5.74, 6) is 0.961. The van der Waals surface area contributed by atoms with Gasteiger partial charge in [-0.15, -0.1) is 0 Å². The normalized spacial score (nSPS) is 13.5. The van der Waals surface area contributed by atoms with Crippen molar-refractivity contribution in [3.8, 4) is 5.75 Å². The highest BCUT2D eigenvalue weighted by atomic mass is 16.5. The smallest absolute Gasteiger partial charge is 0.123 e. The molecule has 0 aliphatic heterocycles. The van der Waals surface area contributed by atoms with E-state index in [2.05, 4.69) is 45.1 Å². The Balaban J connectivity index is 2.55. The van der Waals surface area contributed by atoms with Crippen molar-refractivity contribution in [2.75, 3.05) is 13.7 Å². The van der Waals surface area contributed by atoms with Crippen LogP contribution in [0.4, 0.5) is 0 Å². The molecule has 1 aromatic rings. The molecule has 0 radical (unpaired) electrons. The molecule has 0 saturated carbocycles. The summed E-state index contributed by atoms with van der Waals surface area (Å²) >= 11 is 0. The Kier molecular flexibility index (Phi) is 5.01. The Bertz CT molecular complexity index is 341. The molecule has 1 N–H and O–H groups in total. The molecule has 0 bridgehead atoms. The van der Waals surface area contributed by atoms with E-state index in [0.717, 1.165) is 12.3 Å². The topological polar surface area (TPSA) is 21.3 Å². The molecule has 96 valence electrons. The first-order chi connectivity index (χ1) is 7.94. The number of rotatable bonds is 5. The quantitative estimate of drug-likeness (QED) is 0.838. The summed E-state index contributed by atoms with van der Waals surface area (Å²) in [6.45, 7) is 10.0. The highest BCUT2D eigenvalue weighted by Crippen LogP contribution is 2.25. The summed E-state index contributed by atoms with van der Waals surface area (Å²) in [4.78, 5) is 0. The molecular formula is C15H25NO. The van der Waals surface area contributed by atoms with E-state index in [-0.39, 0.29) is 0 Å². The Morgan fingerprint density at radius 1 is 1.24 bits per heavy atom. The highest BCUT2D eigenvalue weighted by Gasteiger charge is 2.13. The summed E-state index contributed by atoms with van der Waals surface area (Å²) < 4.78 is 5.37. The zero-order chi connectivity index (χ0) is 12.9. The van der Waals surface area contributed by atoms with Crippen LogP contribution in [-0.2, 0) is 0 Å². The van der Waals surface area contributed by atoms with E-state index in [9.17, 15) is 0 Å². The zero-order valence-corrected chi connectivity index (χ0v) is 11.7. The lowest BCUT2D eigenvalue weighted by Gasteiger charge is -2.21. The number of benzene rings is 1. The van der Waals surface area contributed by atoms with E-state index < -0.39 is 0 Å². The molecule has 17 heavy (non-hydrogen) atoms. The first kappa shape index (κ1) is 14.0. The van der Waals surface area contributed by atoms with Gasteiger partial charge in [-0.3, -0.25) is 0 Å². The lowest BCUT2D eigenvalue weighted by atomic mass is 9.92. The maximum Gasteiger partial charge on any atom is 0.123 e. The minimum absolute atomic E-state index is 0.327. The lowest BCUT2D eigenvalue weighted by Crippen LogP contribution is -2.23. The standard InChI is InChI=1S/C15H25NO/c1-12(16-11-10-15(2,3)4)13-8-6-7-9-14(13)17-5/h6-9,12,16H,10-11H2,1-5H3/t12-/m0/s1. The maximum atomic E-state index is 5.37. The van der Waals surface area contributed by atoms with Gasteiger partial charge < -0.3 is 10.1 Å². The van der Waals surface area contributed by atoms with Crippen LogP contribution in [0.2, 0.25) is 0 Å². The molecule has 2 heteroatoms. The molecule has 1 atom stereocenters. The van der Waals surface area contributed by atoms with E-state index in [4.69, 9.17) is 4.74 Å². The number of hydrogen-bond acceptors (Lipinski definition) is 2. The molecular weight excluding hydrogens is 210 g/mol. The first-order valence-corrected chi connectivity index (χ1v) is 6.30. The third-order valence-corrected chi connectivity index (χ3v) is 2.93. The van der Waals surface area contributed by atoms with Gasteiger partial charge in [0, 0.05) is 11.6 Å². The second-order valence-corrected chi connectivity index (χ2v) is 5.73. The van der Waals surface area contributed by atoms with Gasteiger partial charge in [-0.2, -0.15) is 0 Å². The van der Waals surface area contributed by atoms with Crippen LogP contribution < -0.4 is 10.1 Å². The number of methoxy groups -OCH3 is 1. The van der Waals surface area contributed by atoms with E-state index >= 15 is 0 Å². The number of para-hydroxylation sites is 1. The van der Waals surface area contributed by atoms with Crippen molar-refractivity contribution in [3.05, 3.63) is 29.8 Å². The van der Waals surface area contributed by atoms with Crippen LogP contribution in [0, 0.1) is 5.41 Å². The van der Waals surface area contributed by atoms with Crippen LogP contribution in [-0.4, -0.2) is 13.7 Å². The zero-order valence-electron chi connectivity index (χ0n) is 11.7. The van der Waals surface area contributed by atoms with Crippen molar-refractivity contribution in [2.45, 2.75) is 40.2 Å². The predicted octanol–water partition coefficient (Wildman–Crippen LogP) is 3.78. The van der Waals surface area contributed by atoms with Gasteiger partial charge in [-0.1, -0.05) is 39.0 Å². The molecule has 0 aliphatic carbocycles. The molecule has 0 unspecified atom stereocenters. The lowest BCUT2D eigenvalue weighted by molar-refractivity contribution is 0.354. The van der Waals surface area contributed by atoms with Crippen molar-refractivity contribution in [2.24, 2.45) is 5.41 Å². The Morgan fingerprint density at radius 2 is 1.88 bits per heavy atom. The van der Waals surface area contributed by atoms with Crippen molar-refractivity contribution < 1.29 is 4.74 Å². The van der Waals surface area contributed by atoms with E-state index in [1.54, 1.807) is 7.11 Å². The van der Waals surface area contributed by atoms with Gasteiger partial charge in [0.25, 0.3) is 0 Å². The molecule has 0 aliphatic rings. The molecule has 0 amide bonds. The summed E-state index contributed by atoms with van der Waals surface area (Å²) in [5.41, 5.74) is 1.61. The number of hydrogen-bond donors (Lipinski definition) is 1. The minimum atomic E-state index is 0.327. The Hall–Kier alpha value is -1.02. The third-order valence-electron chi connectivity index (χ3n) is 2.93. The van der Waals surface area contributed by atoms with Crippen LogP contribution in [0.15, 0.2) is 24.3 Å². The van der Waals surface area contributed by atoms with Gasteiger partial charge in [-0.05, 0) is 31.4 Å². The van der Waals surface area contributed by atoms with Crippen LogP contribution in [0.5, 0.6) is 5.75 Å². The second-order valence-electron chi connectivity index (χ2n) is 5.73. The molecule has 0 fully saturated rings. The van der Waals surface area contributed by atoms with E-state index in [1.807, 2.05) is 12.1 Å². The van der Waals surface area contributed by atoms with Crippen molar-refractivity contribution in [3.63, 3.8) is 0 Å². The van der Waals surface area contributed by atoms with Crippen LogP contribution >= 0.6 is 0 Å². The van der Waals surface area contributed by atoms with E-state index in [0.29, 0.717) is 11.5 Å². The summed E-state index contributed by atoms with van der Waals surface area (Å²) in [6.07, 6.45) is 1.17. The van der Waals surface area contributed by atoms with Gasteiger partial charge in [0.15, 0.2) is 0 Å². The van der Waals surface area contributed by atoms with Crippen molar-refractivity contribution in [1.82, 2.24) is 5.32 Å². The van der Waals surface area contributed by atoms with Gasteiger partial charge in [0.1, 0.15) is 5.75 Å². The summed E-state index contributed by atoms with van der Waals surface area (Å²) in [6, 6.07) is 8.52. The van der Waals surface area contributed by atoms with Crippen LogP contribution in [0.3, 0.4) is 0 Å². The van der Waals surface area contributed by atoms with Crippen LogP contribution in [0.1, 0.15) is 45.7 Å². The number of nitrogens with one attached hydrogen (secondary N) is 1. The van der Waals surface area contributed by atoms with Gasteiger partial charge in [-0.25, -0.2) is 0 Å². The first-order valence-electron chi connectivity index (χ1n) is 6.30. The van der Waals surface area contributed by atoms with Crippen molar-refractivity contribution in [1.29, 1.82) is 0 Å². The maximum absolute atomic E-state index is 5.37. The SMILES string of the molecule is COc1ccccc1[C@H](C)NCCC(C)(C)C. The highest BCUT2D eigenvalue weighted by molar-refractivity contribution is 5.35. The predicted molar refractivity (Wildman–Crippen MR) is 73.5 cm³/mol.